The van der Waals surface area contributed by atoms with E-state index in [-0.39, 0.29) is 0 Å². The van der Waals surface area contributed by atoms with Gasteiger partial charge >= 0.3 is 0 Å². The molecule has 0 spiro atoms. The molecule has 4 rings (SSSR count). The maximum absolute atomic E-state index is 2.36. The van der Waals surface area contributed by atoms with Crippen LogP contribution in [-0.2, 0) is 5.75 Å². The molecule has 0 radical (unpaired) electrons. The molecule has 0 saturated heterocycles. The van der Waals surface area contributed by atoms with E-state index in [1.165, 1.54) is 27.5 Å². The maximum atomic E-state index is 2.36. The van der Waals surface area contributed by atoms with Gasteiger partial charge in [0.05, 0.1) is 0 Å². The van der Waals surface area contributed by atoms with Gasteiger partial charge in [-0.3, -0.25) is 0 Å². The Labute approximate surface area is 117 Å². The average Bonchev–Trinajstić information content (AvgIpc) is 2.70. The van der Waals surface area contributed by atoms with Crippen LogP contribution >= 0.6 is 11.8 Å². The summed E-state index contributed by atoms with van der Waals surface area (Å²) in [5.41, 5.74) is 4.34. The molecule has 0 fully saturated rings. The number of benzene rings is 2. The van der Waals surface area contributed by atoms with Crippen molar-refractivity contribution in [3.05, 3.63) is 77.9 Å². The Morgan fingerprint density at radius 2 is 1.79 bits per heavy atom. The molecule has 0 amide bonds. The quantitative estimate of drug-likeness (QED) is 0.646. The van der Waals surface area contributed by atoms with Crippen molar-refractivity contribution in [2.75, 3.05) is 0 Å². The second kappa shape index (κ2) is 4.43. The molecule has 19 heavy (non-hydrogen) atoms. The molecule has 0 nitrogen and oxygen atoms in total. The third kappa shape index (κ3) is 1.85. The van der Waals surface area contributed by atoms with Gasteiger partial charge in [0, 0.05) is 11.0 Å². The summed E-state index contributed by atoms with van der Waals surface area (Å²) in [4.78, 5) is 0. The molecule has 1 aliphatic carbocycles. The molecule has 1 aliphatic heterocycles. The molecule has 1 heterocycles. The molecule has 1 unspecified atom stereocenters. The zero-order chi connectivity index (χ0) is 12.7. The van der Waals surface area contributed by atoms with Crippen LogP contribution in [0.25, 0.3) is 16.3 Å². The summed E-state index contributed by atoms with van der Waals surface area (Å²) in [7, 11) is 0. The van der Waals surface area contributed by atoms with E-state index in [2.05, 4.69) is 66.8 Å². The van der Waals surface area contributed by atoms with E-state index < -0.39 is 0 Å². The summed E-state index contributed by atoms with van der Waals surface area (Å²) in [6, 6.07) is 13.3. The third-order valence-electron chi connectivity index (χ3n) is 3.79. The van der Waals surface area contributed by atoms with Gasteiger partial charge in [-0.2, -0.15) is 0 Å². The molecule has 2 aromatic rings. The van der Waals surface area contributed by atoms with E-state index in [9.17, 15) is 0 Å². The van der Waals surface area contributed by atoms with Crippen molar-refractivity contribution in [3.8, 4) is 0 Å². The third-order valence-corrected chi connectivity index (χ3v) is 5.04. The fraction of sp³-hybridized carbons (Fsp3) is 0.111. The molecule has 2 aliphatic rings. The van der Waals surface area contributed by atoms with Crippen molar-refractivity contribution in [2.24, 2.45) is 0 Å². The lowest BCUT2D eigenvalue weighted by atomic mass is 9.93. The molecular weight excluding hydrogens is 248 g/mol. The van der Waals surface area contributed by atoms with Crippen LogP contribution in [-0.4, -0.2) is 5.25 Å². The summed E-state index contributed by atoms with van der Waals surface area (Å²) < 4.78 is 0. The van der Waals surface area contributed by atoms with Gasteiger partial charge < -0.3 is 0 Å². The molecule has 0 bridgehead atoms. The first kappa shape index (κ1) is 11.1. The van der Waals surface area contributed by atoms with Crippen molar-refractivity contribution >= 4 is 28.1 Å². The van der Waals surface area contributed by atoms with E-state index in [0.717, 1.165) is 5.75 Å². The fourth-order valence-electron chi connectivity index (χ4n) is 2.83. The van der Waals surface area contributed by atoms with E-state index >= 15 is 0 Å². The highest BCUT2D eigenvalue weighted by molar-refractivity contribution is 7.99. The number of rotatable bonds is 0. The topological polar surface area (TPSA) is 0 Å². The number of allylic oxidation sites excluding steroid dienone is 4. The Hall–Kier alpha value is -1.73. The predicted octanol–water partition coefficient (Wildman–Crippen LogP) is 4.96. The predicted molar refractivity (Wildman–Crippen MR) is 85.3 cm³/mol. The first-order chi connectivity index (χ1) is 9.42. The Bertz CT molecular complexity index is 734. The summed E-state index contributed by atoms with van der Waals surface area (Å²) in [5, 5.41) is 3.19. The van der Waals surface area contributed by atoms with Crippen molar-refractivity contribution in [1.29, 1.82) is 0 Å². The molecule has 0 saturated carbocycles. The molecular formula is C18H14S. The molecule has 92 valence electrons. The van der Waals surface area contributed by atoms with Gasteiger partial charge in [0.25, 0.3) is 0 Å². The van der Waals surface area contributed by atoms with Crippen LogP contribution in [0.4, 0.5) is 0 Å². The minimum absolute atomic E-state index is 0.503. The summed E-state index contributed by atoms with van der Waals surface area (Å²) in [6.45, 7) is 0. The van der Waals surface area contributed by atoms with Crippen LogP contribution in [0.3, 0.4) is 0 Å². The Kier molecular flexibility index (Phi) is 2.59. The van der Waals surface area contributed by atoms with Gasteiger partial charge in [0.1, 0.15) is 0 Å². The monoisotopic (exact) mass is 262 g/mol. The molecule has 1 atom stereocenters. The minimum Gasteiger partial charge on any atom is -0.145 e. The lowest BCUT2D eigenvalue weighted by Gasteiger charge is -2.25. The smallest absolute Gasteiger partial charge is 0.0489 e. The van der Waals surface area contributed by atoms with Crippen molar-refractivity contribution in [1.82, 2.24) is 0 Å². The van der Waals surface area contributed by atoms with Gasteiger partial charge in [-0.25, -0.2) is 0 Å². The average molecular weight is 262 g/mol. The summed E-state index contributed by atoms with van der Waals surface area (Å²) in [6.07, 6.45) is 11.0. The first-order valence-electron chi connectivity index (χ1n) is 6.60. The summed E-state index contributed by atoms with van der Waals surface area (Å²) >= 11 is 2.02. The molecule has 2 aromatic carbocycles. The highest BCUT2D eigenvalue weighted by atomic mass is 32.2. The van der Waals surface area contributed by atoms with E-state index in [4.69, 9.17) is 0 Å². The zero-order valence-electron chi connectivity index (χ0n) is 10.5. The SMILES string of the molecule is C1=CC=C2c3cc4ccccc4cc3CSC2C=C1. The fourth-order valence-corrected chi connectivity index (χ4v) is 4.02. The van der Waals surface area contributed by atoms with Gasteiger partial charge in [-0.15, -0.1) is 11.8 Å². The molecule has 0 N–H and O–H groups in total. The normalized spacial score (nSPS) is 20.6. The number of fused-ring (bicyclic) bond motifs is 4. The number of hydrogen-bond acceptors (Lipinski definition) is 1. The highest BCUT2D eigenvalue weighted by Crippen LogP contribution is 2.41. The van der Waals surface area contributed by atoms with Crippen LogP contribution < -0.4 is 0 Å². The standard InChI is InChI=1S/C18H14S/c1-2-8-16-17-11-14-7-5-4-6-13(14)10-15(17)12-19-18(16)9-3-1/h1-11,18H,12H2. The number of hydrogen-bond donors (Lipinski definition) is 0. The highest BCUT2D eigenvalue weighted by Gasteiger charge is 2.22. The van der Waals surface area contributed by atoms with Crippen molar-refractivity contribution in [3.63, 3.8) is 0 Å². The van der Waals surface area contributed by atoms with Gasteiger partial charge in [-0.05, 0) is 39.6 Å². The van der Waals surface area contributed by atoms with E-state index in [1.54, 1.807) is 0 Å². The van der Waals surface area contributed by atoms with E-state index in [1.807, 2.05) is 11.8 Å². The zero-order valence-corrected chi connectivity index (χ0v) is 11.4. The van der Waals surface area contributed by atoms with E-state index in [0.29, 0.717) is 5.25 Å². The first-order valence-corrected chi connectivity index (χ1v) is 7.65. The van der Waals surface area contributed by atoms with Gasteiger partial charge in [0.15, 0.2) is 0 Å². The Morgan fingerprint density at radius 1 is 0.947 bits per heavy atom. The van der Waals surface area contributed by atoms with Crippen molar-refractivity contribution in [2.45, 2.75) is 11.0 Å². The Morgan fingerprint density at radius 3 is 2.68 bits per heavy atom. The minimum atomic E-state index is 0.503. The van der Waals surface area contributed by atoms with Crippen LogP contribution in [0.15, 0.2) is 66.8 Å². The van der Waals surface area contributed by atoms with Crippen LogP contribution in [0, 0.1) is 0 Å². The van der Waals surface area contributed by atoms with Crippen molar-refractivity contribution < 1.29 is 0 Å². The lowest BCUT2D eigenvalue weighted by Crippen LogP contribution is -2.10. The Balaban J connectivity index is 1.97. The molecule has 0 aromatic heterocycles. The van der Waals surface area contributed by atoms with Gasteiger partial charge in [0.2, 0.25) is 0 Å². The molecule has 1 heteroatoms. The lowest BCUT2D eigenvalue weighted by molar-refractivity contribution is 1.29. The van der Waals surface area contributed by atoms with Crippen LogP contribution in [0.5, 0.6) is 0 Å². The van der Waals surface area contributed by atoms with Crippen LogP contribution in [0.2, 0.25) is 0 Å². The largest absolute Gasteiger partial charge is 0.145 e. The van der Waals surface area contributed by atoms with Crippen LogP contribution in [0.1, 0.15) is 11.1 Å². The van der Waals surface area contributed by atoms with Gasteiger partial charge in [-0.1, -0.05) is 54.6 Å². The second-order valence-corrected chi connectivity index (χ2v) is 6.11. The summed E-state index contributed by atoms with van der Waals surface area (Å²) in [5.74, 6) is 1.10. The maximum Gasteiger partial charge on any atom is 0.0489 e. The second-order valence-electron chi connectivity index (χ2n) is 4.98. The number of thioether (sulfide) groups is 1.